The van der Waals surface area contributed by atoms with E-state index in [0.29, 0.717) is 66.8 Å². The van der Waals surface area contributed by atoms with Crippen LogP contribution >= 0.6 is 0 Å². The smallest absolute Gasteiger partial charge is 0.256 e. The third kappa shape index (κ3) is 6.12. The molecule has 2 N–H and O–H groups in total. The minimum Gasteiger partial charge on any atom is -0.493 e. The van der Waals surface area contributed by atoms with Crippen LogP contribution in [0.1, 0.15) is 54.4 Å². The molecule has 10 heteroatoms. The summed E-state index contributed by atoms with van der Waals surface area (Å²) >= 11 is 0. The highest BCUT2D eigenvalue weighted by Gasteiger charge is 2.39. The maximum Gasteiger partial charge on any atom is 0.256 e. The first kappa shape index (κ1) is 27.1. The number of benzene rings is 2. The molecule has 1 fully saturated rings. The number of nitrogens with zero attached hydrogens (tertiary/aromatic N) is 1. The molecule has 0 aromatic heterocycles. The Bertz CT molecular complexity index is 1180. The predicted molar refractivity (Wildman–Crippen MR) is 141 cm³/mol. The summed E-state index contributed by atoms with van der Waals surface area (Å²) in [5.74, 6) is 1.82. The quantitative estimate of drug-likeness (QED) is 0.408. The van der Waals surface area contributed by atoms with Gasteiger partial charge in [0, 0.05) is 25.6 Å². The van der Waals surface area contributed by atoms with E-state index in [9.17, 15) is 14.4 Å². The summed E-state index contributed by atoms with van der Waals surface area (Å²) in [6, 6.07) is 8.42. The zero-order valence-electron chi connectivity index (χ0n) is 22.1. The Balaban J connectivity index is 1.22. The van der Waals surface area contributed by atoms with Gasteiger partial charge in [-0.05, 0) is 55.9 Å². The number of fused-ring (bicyclic) bond motifs is 2. The number of hydrogen-bond donors (Lipinski definition) is 2. The van der Waals surface area contributed by atoms with Gasteiger partial charge >= 0.3 is 0 Å². The van der Waals surface area contributed by atoms with Gasteiger partial charge in [-0.2, -0.15) is 0 Å². The Morgan fingerprint density at radius 3 is 2.50 bits per heavy atom. The molecule has 38 heavy (non-hydrogen) atoms. The Morgan fingerprint density at radius 2 is 1.74 bits per heavy atom. The Labute approximate surface area is 222 Å². The second kappa shape index (κ2) is 12.5. The van der Waals surface area contributed by atoms with Crippen LogP contribution in [0.5, 0.6) is 23.0 Å². The second-order valence-corrected chi connectivity index (χ2v) is 9.32. The monoisotopic (exact) mass is 525 g/mol. The SMILES string of the molecule is COc1ccc(CNC(=O)CCCCCOc2cc3c(cc2OC)C(=O)N2CCC[C@H]2C(=O)N3)cc1OC. The zero-order chi connectivity index (χ0) is 27.1. The summed E-state index contributed by atoms with van der Waals surface area (Å²) in [6.07, 6.45) is 4.18. The summed E-state index contributed by atoms with van der Waals surface area (Å²) in [6.45, 7) is 1.40. The molecule has 0 aliphatic carbocycles. The molecule has 10 nitrogen and oxygen atoms in total. The highest BCUT2D eigenvalue weighted by atomic mass is 16.5. The zero-order valence-corrected chi connectivity index (χ0v) is 22.1. The van der Waals surface area contributed by atoms with Gasteiger partial charge in [-0.1, -0.05) is 6.07 Å². The molecule has 2 aliphatic heterocycles. The normalized spacial score (nSPS) is 16.2. The molecule has 1 atom stereocenters. The summed E-state index contributed by atoms with van der Waals surface area (Å²) in [5, 5.41) is 5.81. The van der Waals surface area contributed by atoms with Crippen molar-refractivity contribution in [1.29, 1.82) is 0 Å². The fourth-order valence-electron chi connectivity index (χ4n) is 4.79. The van der Waals surface area contributed by atoms with Gasteiger partial charge in [0.25, 0.3) is 5.91 Å². The van der Waals surface area contributed by atoms with E-state index in [4.69, 9.17) is 18.9 Å². The number of methoxy groups -OCH3 is 3. The molecule has 0 bridgehead atoms. The van der Waals surface area contributed by atoms with Crippen molar-refractivity contribution < 1.29 is 33.3 Å². The van der Waals surface area contributed by atoms with Crippen LogP contribution in [-0.2, 0) is 16.1 Å². The van der Waals surface area contributed by atoms with Crippen LogP contribution in [0.3, 0.4) is 0 Å². The standard InChI is InChI=1S/C28H35N3O7/c1-35-22-11-10-18(14-23(22)36-2)17-29-26(32)9-5-4-6-13-38-25-16-20-19(15-24(25)37-3)28(34)31-12-7-8-21(31)27(33)30-20/h10-11,14-16,21H,4-9,12-13,17H2,1-3H3,(H,29,32)(H,30,33)/t21-/m0/s1. The molecule has 0 saturated carbocycles. The van der Waals surface area contributed by atoms with Crippen molar-refractivity contribution in [2.45, 2.75) is 51.1 Å². The van der Waals surface area contributed by atoms with Gasteiger partial charge in [0.15, 0.2) is 23.0 Å². The Morgan fingerprint density at radius 1 is 0.974 bits per heavy atom. The lowest BCUT2D eigenvalue weighted by Crippen LogP contribution is -2.40. The van der Waals surface area contributed by atoms with Crippen molar-refractivity contribution in [3.8, 4) is 23.0 Å². The molecule has 3 amide bonds. The third-order valence-electron chi connectivity index (χ3n) is 6.85. The Kier molecular flexibility index (Phi) is 8.93. The average molecular weight is 526 g/mol. The van der Waals surface area contributed by atoms with E-state index >= 15 is 0 Å². The number of anilines is 1. The number of unbranched alkanes of at least 4 members (excludes halogenated alkanes) is 2. The topological polar surface area (TPSA) is 115 Å². The van der Waals surface area contributed by atoms with Crippen molar-refractivity contribution in [1.82, 2.24) is 10.2 Å². The molecule has 0 radical (unpaired) electrons. The predicted octanol–water partition coefficient (Wildman–Crippen LogP) is 3.52. The van der Waals surface area contributed by atoms with Gasteiger partial charge < -0.3 is 34.5 Å². The van der Waals surface area contributed by atoms with Crippen molar-refractivity contribution >= 4 is 23.4 Å². The maximum atomic E-state index is 13.0. The molecule has 0 spiro atoms. The fourth-order valence-corrected chi connectivity index (χ4v) is 4.79. The van der Waals surface area contributed by atoms with E-state index in [1.807, 2.05) is 18.2 Å². The molecular weight excluding hydrogens is 490 g/mol. The van der Waals surface area contributed by atoms with Gasteiger partial charge in [-0.25, -0.2) is 0 Å². The van der Waals surface area contributed by atoms with Crippen LogP contribution in [0.4, 0.5) is 5.69 Å². The average Bonchev–Trinajstić information content (AvgIpc) is 3.40. The van der Waals surface area contributed by atoms with Crippen LogP contribution in [0.15, 0.2) is 30.3 Å². The number of carbonyl (C=O) groups excluding carboxylic acids is 3. The van der Waals surface area contributed by atoms with Gasteiger partial charge in [-0.15, -0.1) is 0 Å². The minimum atomic E-state index is -0.429. The number of carbonyl (C=O) groups is 3. The highest BCUT2D eigenvalue weighted by molar-refractivity contribution is 6.10. The molecule has 2 aromatic rings. The van der Waals surface area contributed by atoms with Crippen molar-refractivity contribution in [2.75, 3.05) is 39.8 Å². The largest absolute Gasteiger partial charge is 0.493 e. The molecule has 0 unspecified atom stereocenters. The summed E-state index contributed by atoms with van der Waals surface area (Å²) in [7, 11) is 4.68. The number of nitrogens with one attached hydrogen (secondary N) is 2. The molecule has 2 aliphatic rings. The van der Waals surface area contributed by atoms with Crippen molar-refractivity contribution in [2.24, 2.45) is 0 Å². The third-order valence-corrected chi connectivity index (χ3v) is 6.85. The van der Waals surface area contributed by atoms with E-state index in [2.05, 4.69) is 10.6 Å². The van der Waals surface area contributed by atoms with Gasteiger partial charge in [0.2, 0.25) is 11.8 Å². The van der Waals surface area contributed by atoms with E-state index in [0.717, 1.165) is 31.2 Å². The number of ether oxygens (including phenoxy) is 4. The van der Waals surface area contributed by atoms with Crippen LogP contribution in [0, 0.1) is 0 Å². The van der Waals surface area contributed by atoms with Crippen LogP contribution in [-0.4, -0.2) is 63.1 Å². The highest BCUT2D eigenvalue weighted by Crippen LogP contribution is 2.37. The summed E-state index contributed by atoms with van der Waals surface area (Å²) in [4.78, 5) is 39.5. The molecule has 204 valence electrons. The molecule has 2 aromatic carbocycles. The lowest BCUT2D eigenvalue weighted by Gasteiger charge is -2.20. The van der Waals surface area contributed by atoms with Crippen LogP contribution in [0.2, 0.25) is 0 Å². The van der Waals surface area contributed by atoms with E-state index in [1.165, 1.54) is 7.11 Å². The molecular formula is C28H35N3O7. The fraction of sp³-hybridized carbons (Fsp3) is 0.464. The maximum absolute atomic E-state index is 13.0. The first-order valence-corrected chi connectivity index (χ1v) is 12.9. The molecule has 4 rings (SSSR count). The van der Waals surface area contributed by atoms with E-state index in [-0.39, 0.29) is 17.7 Å². The van der Waals surface area contributed by atoms with Gasteiger partial charge in [-0.3, -0.25) is 14.4 Å². The number of amides is 3. The minimum absolute atomic E-state index is 0.0194. The summed E-state index contributed by atoms with van der Waals surface area (Å²) in [5.41, 5.74) is 1.78. The lowest BCUT2D eigenvalue weighted by atomic mass is 10.1. The first-order valence-electron chi connectivity index (χ1n) is 12.9. The van der Waals surface area contributed by atoms with Crippen LogP contribution in [0.25, 0.3) is 0 Å². The Hall–Kier alpha value is -3.95. The molecule has 2 heterocycles. The second-order valence-electron chi connectivity index (χ2n) is 9.32. The lowest BCUT2D eigenvalue weighted by molar-refractivity contribution is -0.121. The first-order chi connectivity index (χ1) is 18.4. The van der Waals surface area contributed by atoms with E-state index in [1.54, 1.807) is 31.3 Å². The molecule has 1 saturated heterocycles. The van der Waals surface area contributed by atoms with Crippen molar-refractivity contribution in [3.05, 3.63) is 41.5 Å². The number of rotatable bonds is 12. The number of hydrogen-bond acceptors (Lipinski definition) is 7. The van der Waals surface area contributed by atoms with Crippen LogP contribution < -0.4 is 29.6 Å². The van der Waals surface area contributed by atoms with Gasteiger partial charge in [0.05, 0.1) is 39.2 Å². The summed E-state index contributed by atoms with van der Waals surface area (Å²) < 4.78 is 21.9. The van der Waals surface area contributed by atoms with E-state index < -0.39 is 6.04 Å². The van der Waals surface area contributed by atoms with Crippen molar-refractivity contribution in [3.63, 3.8) is 0 Å². The van der Waals surface area contributed by atoms with Gasteiger partial charge in [0.1, 0.15) is 6.04 Å².